The minimum Gasteiger partial charge on any atom is -0.497 e. The largest absolute Gasteiger partial charge is 0.497 e. The van der Waals surface area contributed by atoms with Crippen molar-refractivity contribution in [2.24, 2.45) is 0 Å². The fourth-order valence-electron chi connectivity index (χ4n) is 5.68. The van der Waals surface area contributed by atoms with Crippen LogP contribution in [0.4, 0.5) is 0 Å². The Morgan fingerprint density at radius 2 is 1.70 bits per heavy atom. The molecule has 3 amide bonds. The van der Waals surface area contributed by atoms with Crippen LogP contribution >= 0.6 is 0 Å². The zero-order valence-corrected chi connectivity index (χ0v) is 26.0. The van der Waals surface area contributed by atoms with Crippen LogP contribution in [-0.4, -0.2) is 92.0 Å². The quantitative estimate of drug-likeness (QED) is 0.170. The van der Waals surface area contributed by atoms with Crippen molar-refractivity contribution in [3.63, 3.8) is 0 Å². The van der Waals surface area contributed by atoms with Gasteiger partial charge in [-0.3, -0.25) is 19.2 Å². The van der Waals surface area contributed by atoms with Crippen LogP contribution in [0.15, 0.2) is 35.9 Å². The van der Waals surface area contributed by atoms with Gasteiger partial charge in [0.05, 0.1) is 31.8 Å². The molecular formula is C32H45N3O9. The van der Waals surface area contributed by atoms with E-state index in [4.69, 9.17) is 18.9 Å². The first kappa shape index (κ1) is 33.6. The summed E-state index contributed by atoms with van der Waals surface area (Å²) in [4.78, 5) is 53.4. The summed E-state index contributed by atoms with van der Waals surface area (Å²) < 4.78 is 21.6. The second-order valence-corrected chi connectivity index (χ2v) is 12.1. The van der Waals surface area contributed by atoms with E-state index in [1.54, 1.807) is 38.3 Å². The van der Waals surface area contributed by atoms with Crippen molar-refractivity contribution in [3.05, 3.63) is 41.5 Å². The molecule has 2 fully saturated rings. The third-order valence-corrected chi connectivity index (χ3v) is 8.78. The molecule has 2 heterocycles. The zero-order chi connectivity index (χ0) is 31.9. The van der Waals surface area contributed by atoms with Crippen molar-refractivity contribution < 1.29 is 43.2 Å². The fraction of sp³-hybridized carbons (Fsp3) is 0.625. The van der Waals surface area contributed by atoms with Gasteiger partial charge in [-0.1, -0.05) is 23.8 Å². The standard InChI is InChI=1S/C32H45N3O9/c1-20(33-25(36)18-32(42-4)13-15-43-16-14-32)29(39)35-26(27(37)22-9-11-23(41-3)12-10-22)30(40)34-24(17-21-7-5-6-8-21)28(38)31(2)19-44-31/h7,9-12,20,24,26-27,37H,5-6,8,13-19H2,1-4H3,(H,33,36)(H,34,40)(H,35,39)/t20-,24-,26-,27+,31+/m0/s1. The Hall–Kier alpha value is -3.32. The molecule has 12 nitrogen and oxygen atoms in total. The van der Waals surface area contributed by atoms with E-state index in [-0.39, 0.29) is 24.7 Å². The summed E-state index contributed by atoms with van der Waals surface area (Å²) in [7, 11) is 3.06. The number of Topliss-reactive ketones (excluding diaryl/α,β-unsaturated/α-hetero) is 1. The summed E-state index contributed by atoms with van der Waals surface area (Å²) in [6.07, 6.45) is 4.80. The van der Waals surface area contributed by atoms with Gasteiger partial charge in [-0.05, 0) is 57.2 Å². The molecule has 5 atom stereocenters. The number of ether oxygens (including phenoxy) is 4. The minimum atomic E-state index is -1.48. The molecule has 1 aromatic carbocycles. The van der Waals surface area contributed by atoms with E-state index in [0.29, 0.717) is 43.8 Å². The lowest BCUT2D eigenvalue weighted by atomic mass is 9.90. The number of aliphatic hydroxyl groups is 1. The third kappa shape index (κ3) is 8.44. The van der Waals surface area contributed by atoms with Crippen LogP contribution in [0.1, 0.15) is 70.5 Å². The van der Waals surface area contributed by atoms with Gasteiger partial charge in [0.15, 0.2) is 5.78 Å². The molecule has 0 aromatic heterocycles. The van der Waals surface area contributed by atoms with Gasteiger partial charge in [-0.2, -0.15) is 0 Å². The van der Waals surface area contributed by atoms with Gasteiger partial charge in [0.25, 0.3) is 0 Å². The summed E-state index contributed by atoms with van der Waals surface area (Å²) in [5, 5.41) is 19.4. The average Bonchev–Trinajstić information content (AvgIpc) is 3.56. The summed E-state index contributed by atoms with van der Waals surface area (Å²) in [5.41, 5.74) is -0.237. The van der Waals surface area contributed by atoms with Crippen LogP contribution in [0.3, 0.4) is 0 Å². The Balaban J connectivity index is 1.49. The van der Waals surface area contributed by atoms with Gasteiger partial charge in [-0.15, -0.1) is 0 Å². The first-order valence-electron chi connectivity index (χ1n) is 15.2. The van der Waals surface area contributed by atoms with Gasteiger partial charge < -0.3 is 40.0 Å². The molecule has 2 aliphatic heterocycles. The number of carbonyl (C=O) groups is 4. The molecule has 242 valence electrons. The Bertz CT molecular complexity index is 1220. The number of allylic oxidation sites excluding steroid dienone is 1. The predicted molar refractivity (Wildman–Crippen MR) is 160 cm³/mol. The summed E-state index contributed by atoms with van der Waals surface area (Å²) >= 11 is 0. The first-order valence-corrected chi connectivity index (χ1v) is 15.2. The van der Waals surface area contributed by atoms with Gasteiger partial charge in [-0.25, -0.2) is 0 Å². The summed E-state index contributed by atoms with van der Waals surface area (Å²) in [6.45, 7) is 4.39. The molecule has 44 heavy (non-hydrogen) atoms. The number of aliphatic hydroxyl groups excluding tert-OH is 1. The Kier molecular flexibility index (Phi) is 11.2. The normalized spacial score (nSPS) is 23.3. The van der Waals surface area contributed by atoms with E-state index in [0.717, 1.165) is 24.8 Å². The highest BCUT2D eigenvalue weighted by atomic mass is 16.6. The molecule has 1 aromatic rings. The molecule has 1 aliphatic carbocycles. The maximum absolute atomic E-state index is 13.8. The van der Waals surface area contributed by atoms with Crippen molar-refractivity contribution in [1.29, 1.82) is 0 Å². The lowest BCUT2D eigenvalue weighted by molar-refractivity contribution is -0.139. The molecule has 12 heteroatoms. The molecule has 0 spiro atoms. The highest BCUT2D eigenvalue weighted by Crippen LogP contribution is 2.32. The number of carbonyl (C=O) groups excluding carboxylic acids is 4. The van der Waals surface area contributed by atoms with Crippen molar-refractivity contribution in [2.45, 2.75) is 94.2 Å². The summed E-state index contributed by atoms with van der Waals surface area (Å²) in [6, 6.07) is 3.03. The lowest BCUT2D eigenvalue weighted by Gasteiger charge is -2.35. The molecule has 0 unspecified atom stereocenters. The van der Waals surface area contributed by atoms with E-state index in [1.807, 2.05) is 0 Å². The number of epoxide rings is 1. The zero-order valence-electron chi connectivity index (χ0n) is 26.0. The first-order chi connectivity index (χ1) is 21.0. The number of ketones is 1. The molecular weight excluding hydrogens is 570 g/mol. The van der Waals surface area contributed by atoms with Crippen molar-refractivity contribution in [2.75, 3.05) is 34.0 Å². The van der Waals surface area contributed by atoms with Crippen LogP contribution in [0.25, 0.3) is 0 Å². The van der Waals surface area contributed by atoms with E-state index in [9.17, 15) is 24.3 Å². The molecule has 2 saturated heterocycles. The number of amides is 3. The smallest absolute Gasteiger partial charge is 0.246 e. The predicted octanol–water partition coefficient (Wildman–Crippen LogP) is 1.65. The van der Waals surface area contributed by atoms with Crippen molar-refractivity contribution in [1.82, 2.24) is 16.0 Å². The highest BCUT2D eigenvalue weighted by Gasteiger charge is 2.50. The van der Waals surface area contributed by atoms with Gasteiger partial charge in [0, 0.05) is 33.2 Å². The molecule has 3 aliphatic rings. The highest BCUT2D eigenvalue weighted by molar-refractivity contribution is 5.98. The van der Waals surface area contributed by atoms with E-state index in [2.05, 4.69) is 22.0 Å². The molecule has 0 saturated carbocycles. The Morgan fingerprint density at radius 1 is 1.02 bits per heavy atom. The van der Waals surface area contributed by atoms with E-state index >= 15 is 0 Å². The Morgan fingerprint density at radius 3 is 2.27 bits per heavy atom. The van der Waals surface area contributed by atoms with Crippen LogP contribution in [0.5, 0.6) is 5.75 Å². The number of hydrogen-bond donors (Lipinski definition) is 4. The number of methoxy groups -OCH3 is 2. The monoisotopic (exact) mass is 615 g/mol. The number of rotatable bonds is 15. The number of nitrogens with one attached hydrogen (secondary N) is 3. The molecule has 0 bridgehead atoms. The molecule has 0 radical (unpaired) electrons. The second kappa shape index (κ2) is 14.6. The topological polar surface area (TPSA) is 165 Å². The van der Waals surface area contributed by atoms with Crippen LogP contribution in [0.2, 0.25) is 0 Å². The van der Waals surface area contributed by atoms with Crippen LogP contribution in [-0.2, 0) is 33.4 Å². The van der Waals surface area contributed by atoms with Crippen molar-refractivity contribution >= 4 is 23.5 Å². The lowest BCUT2D eigenvalue weighted by Crippen LogP contribution is -2.58. The number of hydrogen-bond acceptors (Lipinski definition) is 9. The average molecular weight is 616 g/mol. The van der Waals surface area contributed by atoms with Gasteiger partial charge >= 0.3 is 0 Å². The van der Waals surface area contributed by atoms with Crippen LogP contribution in [0, 0.1) is 0 Å². The maximum Gasteiger partial charge on any atom is 0.246 e. The minimum absolute atomic E-state index is 0.0450. The van der Waals surface area contributed by atoms with Gasteiger partial charge in [0.1, 0.15) is 29.5 Å². The Labute approximate surface area is 258 Å². The van der Waals surface area contributed by atoms with Crippen molar-refractivity contribution in [3.8, 4) is 5.75 Å². The van der Waals surface area contributed by atoms with E-state index < -0.39 is 47.2 Å². The van der Waals surface area contributed by atoms with Gasteiger partial charge in [0.2, 0.25) is 17.7 Å². The molecule has 4 rings (SSSR count). The number of benzene rings is 1. The van der Waals surface area contributed by atoms with E-state index in [1.165, 1.54) is 14.0 Å². The molecule has 4 N–H and O–H groups in total. The fourth-order valence-corrected chi connectivity index (χ4v) is 5.68. The summed E-state index contributed by atoms with van der Waals surface area (Å²) in [5.74, 6) is -1.51. The SMILES string of the molecule is COc1ccc([C@@H](O)[C@H](NC(=O)[C@H](C)NC(=O)CC2(OC)CCOCC2)C(=O)N[C@@H](CC2=CCCC2)C(=O)[C@@]2(C)CO2)cc1. The van der Waals surface area contributed by atoms with Crippen LogP contribution < -0.4 is 20.7 Å². The third-order valence-electron chi connectivity index (χ3n) is 8.78. The second-order valence-electron chi connectivity index (χ2n) is 12.1. The maximum atomic E-state index is 13.8.